The number of benzene rings is 2. The normalized spacial score (nSPS) is 16.5. The lowest BCUT2D eigenvalue weighted by molar-refractivity contribution is -0.0332. The van der Waals surface area contributed by atoms with E-state index in [9.17, 15) is 0 Å². The van der Waals surface area contributed by atoms with Gasteiger partial charge in [-0.15, -0.1) is 0 Å². The third-order valence-corrected chi connectivity index (χ3v) is 4.39. The molecule has 2 aromatic rings. The highest BCUT2D eigenvalue weighted by Gasteiger charge is 2.35. The standard InChI is InChI=1S/C22H25NO/c1-3-11-20(4-2)24-21-16-23(17-21)22(18-12-7-5-8-13-18)19-14-9-6-10-15-19/h3-15,21-22H,16-17H2,1-2H3/b11-3-,20-4+. The van der Waals surface area contributed by atoms with Crippen LogP contribution in [0.5, 0.6) is 0 Å². The monoisotopic (exact) mass is 319 g/mol. The van der Waals surface area contributed by atoms with Crippen molar-refractivity contribution >= 4 is 0 Å². The third kappa shape index (κ3) is 3.77. The molecule has 1 aliphatic rings. The quantitative estimate of drug-likeness (QED) is 0.551. The zero-order chi connectivity index (χ0) is 16.8. The molecule has 0 amide bonds. The Balaban J connectivity index is 1.73. The molecule has 2 aromatic carbocycles. The van der Waals surface area contributed by atoms with Gasteiger partial charge < -0.3 is 4.74 Å². The fourth-order valence-electron chi connectivity index (χ4n) is 3.20. The van der Waals surface area contributed by atoms with Crippen molar-refractivity contribution in [2.75, 3.05) is 13.1 Å². The largest absolute Gasteiger partial charge is 0.488 e. The summed E-state index contributed by atoms with van der Waals surface area (Å²) in [6, 6.07) is 21.7. The van der Waals surface area contributed by atoms with Crippen LogP contribution in [0, 0.1) is 0 Å². The van der Waals surface area contributed by atoms with Crippen molar-refractivity contribution in [3.63, 3.8) is 0 Å². The maximum absolute atomic E-state index is 6.06. The average molecular weight is 319 g/mol. The predicted octanol–water partition coefficient (Wildman–Crippen LogP) is 4.96. The molecule has 1 heterocycles. The van der Waals surface area contributed by atoms with Crippen molar-refractivity contribution in [1.82, 2.24) is 4.90 Å². The lowest BCUT2D eigenvalue weighted by Gasteiger charge is -2.44. The molecule has 0 bridgehead atoms. The maximum atomic E-state index is 6.06. The minimum absolute atomic E-state index is 0.266. The summed E-state index contributed by atoms with van der Waals surface area (Å²) in [4.78, 5) is 2.48. The highest BCUT2D eigenvalue weighted by atomic mass is 16.5. The van der Waals surface area contributed by atoms with Crippen LogP contribution in [0.3, 0.4) is 0 Å². The van der Waals surface area contributed by atoms with Crippen LogP contribution in [0.2, 0.25) is 0 Å². The van der Waals surface area contributed by atoms with Crippen molar-refractivity contribution in [2.45, 2.75) is 26.0 Å². The molecule has 1 fully saturated rings. The van der Waals surface area contributed by atoms with Crippen molar-refractivity contribution in [2.24, 2.45) is 0 Å². The number of ether oxygens (including phenoxy) is 1. The molecule has 0 unspecified atom stereocenters. The van der Waals surface area contributed by atoms with E-state index < -0.39 is 0 Å². The number of allylic oxidation sites excluding steroid dienone is 3. The molecule has 3 rings (SSSR count). The van der Waals surface area contributed by atoms with Crippen LogP contribution in [-0.2, 0) is 4.74 Å². The van der Waals surface area contributed by atoms with Crippen LogP contribution >= 0.6 is 0 Å². The van der Waals surface area contributed by atoms with Crippen molar-refractivity contribution in [3.05, 3.63) is 95.8 Å². The van der Waals surface area contributed by atoms with E-state index in [4.69, 9.17) is 4.74 Å². The van der Waals surface area contributed by atoms with Gasteiger partial charge in [0.1, 0.15) is 11.9 Å². The van der Waals surface area contributed by atoms with E-state index in [2.05, 4.69) is 65.6 Å². The zero-order valence-corrected chi connectivity index (χ0v) is 14.4. The first kappa shape index (κ1) is 16.5. The van der Waals surface area contributed by atoms with Crippen LogP contribution < -0.4 is 0 Å². The van der Waals surface area contributed by atoms with E-state index in [1.54, 1.807) is 0 Å². The summed E-state index contributed by atoms with van der Waals surface area (Å²) in [6.45, 7) is 5.93. The summed E-state index contributed by atoms with van der Waals surface area (Å²) in [5, 5.41) is 0. The number of likely N-dealkylation sites (tertiary alicyclic amines) is 1. The maximum Gasteiger partial charge on any atom is 0.124 e. The Bertz CT molecular complexity index is 645. The first-order valence-electron chi connectivity index (χ1n) is 8.61. The average Bonchev–Trinajstić information content (AvgIpc) is 2.61. The molecule has 0 aromatic heterocycles. The van der Waals surface area contributed by atoms with Gasteiger partial charge >= 0.3 is 0 Å². The SMILES string of the molecule is C/C=C\C(=C/C)OC1CN(C(c2ccccc2)c2ccccc2)C1. The Kier molecular flexibility index (Phi) is 5.50. The molecular formula is C22H25NO. The van der Waals surface area contributed by atoms with E-state index in [0.717, 1.165) is 18.8 Å². The highest BCUT2D eigenvalue weighted by molar-refractivity contribution is 5.32. The first-order valence-corrected chi connectivity index (χ1v) is 8.61. The molecule has 0 aliphatic carbocycles. The van der Waals surface area contributed by atoms with Crippen molar-refractivity contribution in [1.29, 1.82) is 0 Å². The number of rotatable bonds is 6. The molecule has 0 N–H and O–H groups in total. The summed E-state index contributed by atoms with van der Waals surface area (Å²) in [5.74, 6) is 0.957. The fraction of sp³-hybridized carbons (Fsp3) is 0.273. The Morgan fingerprint density at radius 1 is 0.958 bits per heavy atom. The lowest BCUT2D eigenvalue weighted by Crippen LogP contribution is -2.53. The minimum Gasteiger partial charge on any atom is -0.488 e. The summed E-state index contributed by atoms with van der Waals surface area (Å²) in [5.41, 5.74) is 2.67. The topological polar surface area (TPSA) is 12.5 Å². The second-order valence-electron chi connectivity index (χ2n) is 6.11. The van der Waals surface area contributed by atoms with E-state index in [1.807, 2.05) is 32.1 Å². The number of hydrogen-bond donors (Lipinski definition) is 0. The van der Waals surface area contributed by atoms with Crippen LogP contribution in [0.4, 0.5) is 0 Å². The Labute approximate surface area is 145 Å². The van der Waals surface area contributed by atoms with Crippen LogP contribution in [0.15, 0.2) is 84.7 Å². The van der Waals surface area contributed by atoms with Crippen LogP contribution in [0.1, 0.15) is 31.0 Å². The Morgan fingerprint density at radius 3 is 1.96 bits per heavy atom. The van der Waals surface area contributed by atoms with Gasteiger partial charge in [-0.05, 0) is 37.1 Å². The van der Waals surface area contributed by atoms with E-state index in [-0.39, 0.29) is 6.10 Å². The van der Waals surface area contributed by atoms with Gasteiger partial charge in [-0.3, -0.25) is 4.90 Å². The fourth-order valence-corrected chi connectivity index (χ4v) is 3.20. The smallest absolute Gasteiger partial charge is 0.124 e. The summed E-state index contributed by atoms with van der Waals surface area (Å²) < 4.78 is 6.06. The minimum atomic E-state index is 0.266. The van der Waals surface area contributed by atoms with E-state index >= 15 is 0 Å². The lowest BCUT2D eigenvalue weighted by atomic mass is 9.94. The van der Waals surface area contributed by atoms with Crippen LogP contribution in [0.25, 0.3) is 0 Å². The molecule has 0 atom stereocenters. The van der Waals surface area contributed by atoms with Crippen molar-refractivity contribution in [3.8, 4) is 0 Å². The van der Waals surface area contributed by atoms with Gasteiger partial charge in [0.2, 0.25) is 0 Å². The summed E-state index contributed by atoms with van der Waals surface area (Å²) in [7, 11) is 0. The van der Waals surface area contributed by atoms with Gasteiger partial charge in [0, 0.05) is 13.1 Å². The molecule has 2 heteroatoms. The second-order valence-corrected chi connectivity index (χ2v) is 6.11. The van der Waals surface area contributed by atoms with Gasteiger partial charge in [0.05, 0.1) is 6.04 Å². The predicted molar refractivity (Wildman–Crippen MR) is 99.7 cm³/mol. The number of hydrogen-bond acceptors (Lipinski definition) is 2. The van der Waals surface area contributed by atoms with E-state index in [1.165, 1.54) is 11.1 Å². The molecular weight excluding hydrogens is 294 g/mol. The first-order chi connectivity index (χ1) is 11.8. The van der Waals surface area contributed by atoms with Gasteiger partial charge in [0.25, 0.3) is 0 Å². The zero-order valence-electron chi connectivity index (χ0n) is 14.4. The molecule has 24 heavy (non-hydrogen) atoms. The van der Waals surface area contributed by atoms with Crippen LogP contribution in [-0.4, -0.2) is 24.1 Å². The Morgan fingerprint density at radius 2 is 1.50 bits per heavy atom. The molecule has 0 spiro atoms. The summed E-state index contributed by atoms with van der Waals surface area (Å²) in [6.07, 6.45) is 6.33. The molecule has 0 saturated carbocycles. The van der Waals surface area contributed by atoms with E-state index in [0.29, 0.717) is 6.04 Å². The number of nitrogens with zero attached hydrogens (tertiary/aromatic N) is 1. The third-order valence-electron chi connectivity index (χ3n) is 4.39. The van der Waals surface area contributed by atoms with Crippen molar-refractivity contribution < 1.29 is 4.74 Å². The molecule has 124 valence electrons. The summed E-state index contributed by atoms with van der Waals surface area (Å²) >= 11 is 0. The molecule has 2 nitrogen and oxygen atoms in total. The molecule has 0 radical (unpaired) electrons. The second kappa shape index (κ2) is 7.98. The van der Waals surface area contributed by atoms with Gasteiger partial charge in [-0.2, -0.15) is 0 Å². The van der Waals surface area contributed by atoms with Gasteiger partial charge in [0.15, 0.2) is 0 Å². The molecule has 1 aliphatic heterocycles. The molecule has 1 saturated heterocycles. The van der Waals surface area contributed by atoms with Gasteiger partial charge in [-0.1, -0.05) is 66.7 Å². The van der Waals surface area contributed by atoms with Gasteiger partial charge in [-0.25, -0.2) is 0 Å². The Hall–Kier alpha value is -2.32. The highest BCUT2D eigenvalue weighted by Crippen LogP contribution is 2.33.